The smallest absolute Gasteiger partial charge is 0.273 e. The summed E-state index contributed by atoms with van der Waals surface area (Å²) in [6.45, 7) is 3.53. The fourth-order valence-electron chi connectivity index (χ4n) is 4.12. The lowest BCUT2D eigenvalue weighted by molar-refractivity contribution is 0.0677. The van der Waals surface area contributed by atoms with Gasteiger partial charge in [0.05, 0.1) is 39.2 Å². The van der Waals surface area contributed by atoms with Gasteiger partial charge in [0.25, 0.3) is 5.91 Å². The van der Waals surface area contributed by atoms with Crippen LogP contribution >= 0.6 is 0 Å². The molecule has 3 aromatic rings. The minimum atomic E-state index is -0.340. The lowest BCUT2D eigenvalue weighted by Gasteiger charge is -2.26. The van der Waals surface area contributed by atoms with Crippen LogP contribution in [-0.2, 0) is 4.74 Å². The number of H-pyrrole nitrogens is 1. The summed E-state index contributed by atoms with van der Waals surface area (Å²) in [6, 6.07) is 13.1. The Hall–Kier alpha value is -3.52. The maximum Gasteiger partial charge on any atom is 0.273 e. The standard InChI is InChI=1S/C25H29N3O5/c1-5-13-33-19-11-8-17(15-20(19)32-4)24-21-22(16-6-9-18(31-3)10-7-16)26-27-23(21)25(29)28(24)12-14-30-2/h6-11,15,24H,5,12-14H2,1-4H3,(H,26,27). The maximum absolute atomic E-state index is 13.3. The summed E-state index contributed by atoms with van der Waals surface area (Å²) < 4.78 is 22.0. The second-order valence-electron chi connectivity index (χ2n) is 7.74. The molecule has 8 nitrogen and oxygen atoms in total. The van der Waals surface area contributed by atoms with E-state index in [-0.39, 0.29) is 11.9 Å². The van der Waals surface area contributed by atoms with E-state index in [4.69, 9.17) is 18.9 Å². The molecule has 2 heterocycles. The Kier molecular flexibility index (Phi) is 6.84. The average Bonchev–Trinajstić information content (AvgIpc) is 3.40. The van der Waals surface area contributed by atoms with Crippen LogP contribution in [-0.4, -0.2) is 62.1 Å². The second-order valence-corrected chi connectivity index (χ2v) is 7.74. The van der Waals surface area contributed by atoms with Crippen molar-refractivity contribution < 1.29 is 23.7 Å². The first kappa shape index (κ1) is 22.7. The molecule has 1 aromatic heterocycles. The molecular weight excluding hydrogens is 422 g/mol. The van der Waals surface area contributed by atoms with Crippen LogP contribution in [0.1, 0.15) is 41.0 Å². The Labute approximate surface area is 193 Å². The number of amides is 1. The van der Waals surface area contributed by atoms with Crippen LogP contribution in [0.2, 0.25) is 0 Å². The van der Waals surface area contributed by atoms with E-state index in [0.29, 0.717) is 37.0 Å². The highest BCUT2D eigenvalue weighted by Gasteiger charge is 2.42. The number of benzene rings is 2. The summed E-state index contributed by atoms with van der Waals surface area (Å²) in [4.78, 5) is 15.1. The van der Waals surface area contributed by atoms with Crippen molar-refractivity contribution in [2.75, 3.05) is 41.1 Å². The molecule has 8 heteroatoms. The van der Waals surface area contributed by atoms with Crippen molar-refractivity contribution in [3.8, 4) is 28.5 Å². The second kappa shape index (κ2) is 9.95. The zero-order chi connectivity index (χ0) is 23.4. The van der Waals surface area contributed by atoms with Gasteiger partial charge in [-0.2, -0.15) is 5.10 Å². The number of nitrogens with zero attached hydrogens (tertiary/aromatic N) is 2. The molecule has 0 spiro atoms. The summed E-state index contributed by atoms with van der Waals surface area (Å²) in [5.74, 6) is 1.96. The Morgan fingerprint density at radius 3 is 2.45 bits per heavy atom. The van der Waals surface area contributed by atoms with Gasteiger partial charge in [0.15, 0.2) is 11.5 Å². The minimum Gasteiger partial charge on any atom is -0.497 e. The maximum atomic E-state index is 13.3. The minimum absolute atomic E-state index is 0.107. The van der Waals surface area contributed by atoms with Crippen molar-refractivity contribution in [2.24, 2.45) is 0 Å². The first-order chi connectivity index (χ1) is 16.1. The van der Waals surface area contributed by atoms with Crippen molar-refractivity contribution in [3.63, 3.8) is 0 Å². The van der Waals surface area contributed by atoms with Gasteiger partial charge in [-0.15, -0.1) is 0 Å². The summed E-state index contributed by atoms with van der Waals surface area (Å²) in [6.07, 6.45) is 0.899. The zero-order valence-electron chi connectivity index (χ0n) is 19.4. The van der Waals surface area contributed by atoms with Crippen molar-refractivity contribution in [2.45, 2.75) is 19.4 Å². The van der Waals surface area contributed by atoms with Crippen molar-refractivity contribution in [1.29, 1.82) is 0 Å². The van der Waals surface area contributed by atoms with E-state index in [9.17, 15) is 4.79 Å². The van der Waals surface area contributed by atoms with Crippen molar-refractivity contribution in [3.05, 3.63) is 59.3 Å². The molecule has 1 amide bonds. The number of nitrogens with one attached hydrogen (secondary N) is 1. The molecule has 33 heavy (non-hydrogen) atoms. The number of ether oxygens (including phenoxy) is 4. The Balaban J connectivity index is 1.80. The molecule has 1 atom stereocenters. The molecular formula is C25H29N3O5. The first-order valence-corrected chi connectivity index (χ1v) is 11.0. The summed E-state index contributed by atoms with van der Waals surface area (Å²) >= 11 is 0. The zero-order valence-corrected chi connectivity index (χ0v) is 19.4. The number of hydrogen-bond acceptors (Lipinski definition) is 6. The number of carbonyl (C=O) groups is 1. The van der Waals surface area contributed by atoms with Gasteiger partial charge in [0, 0.05) is 24.8 Å². The Morgan fingerprint density at radius 1 is 1.00 bits per heavy atom. The van der Waals surface area contributed by atoms with E-state index < -0.39 is 0 Å². The summed E-state index contributed by atoms with van der Waals surface area (Å²) in [5, 5.41) is 7.47. The molecule has 174 valence electrons. The molecule has 1 aliphatic rings. The third kappa shape index (κ3) is 4.26. The number of carbonyl (C=O) groups excluding carboxylic acids is 1. The fourth-order valence-corrected chi connectivity index (χ4v) is 4.12. The van der Waals surface area contributed by atoms with Crippen LogP contribution in [0.5, 0.6) is 17.2 Å². The van der Waals surface area contributed by atoms with Gasteiger partial charge in [-0.05, 0) is 48.4 Å². The Bertz CT molecular complexity index is 1110. The molecule has 1 N–H and O–H groups in total. The molecule has 1 unspecified atom stereocenters. The number of aromatic nitrogens is 2. The van der Waals surface area contributed by atoms with Gasteiger partial charge in [0.2, 0.25) is 0 Å². The highest BCUT2D eigenvalue weighted by molar-refractivity contribution is 6.00. The normalized spacial score (nSPS) is 15.0. The van der Waals surface area contributed by atoms with Gasteiger partial charge in [-0.25, -0.2) is 0 Å². The van der Waals surface area contributed by atoms with Crippen molar-refractivity contribution >= 4 is 5.91 Å². The van der Waals surface area contributed by atoms with Crippen LogP contribution in [0.15, 0.2) is 42.5 Å². The summed E-state index contributed by atoms with van der Waals surface area (Å²) in [7, 11) is 4.87. The average molecular weight is 452 g/mol. The molecule has 0 fully saturated rings. The van der Waals surface area contributed by atoms with E-state index in [1.54, 1.807) is 26.2 Å². The number of fused-ring (bicyclic) bond motifs is 1. The molecule has 0 radical (unpaired) electrons. The van der Waals surface area contributed by atoms with E-state index in [1.807, 2.05) is 42.5 Å². The van der Waals surface area contributed by atoms with Gasteiger partial charge in [-0.1, -0.05) is 13.0 Å². The molecule has 4 rings (SSSR count). The third-order valence-corrected chi connectivity index (χ3v) is 5.73. The lowest BCUT2D eigenvalue weighted by atomic mass is 9.95. The third-order valence-electron chi connectivity index (χ3n) is 5.73. The molecule has 0 bridgehead atoms. The summed E-state index contributed by atoms with van der Waals surface area (Å²) in [5.41, 5.74) is 3.87. The molecule has 2 aromatic carbocycles. The van der Waals surface area contributed by atoms with Crippen LogP contribution in [0.4, 0.5) is 0 Å². The number of hydrogen-bond donors (Lipinski definition) is 1. The number of methoxy groups -OCH3 is 3. The van der Waals surface area contributed by atoms with Crippen LogP contribution in [0.25, 0.3) is 11.3 Å². The van der Waals surface area contributed by atoms with Gasteiger partial charge >= 0.3 is 0 Å². The van der Waals surface area contributed by atoms with Crippen molar-refractivity contribution in [1.82, 2.24) is 15.1 Å². The fraction of sp³-hybridized carbons (Fsp3) is 0.360. The van der Waals surface area contributed by atoms with Crippen LogP contribution < -0.4 is 14.2 Å². The largest absolute Gasteiger partial charge is 0.497 e. The van der Waals surface area contributed by atoms with E-state index >= 15 is 0 Å². The Morgan fingerprint density at radius 2 is 1.79 bits per heavy atom. The number of rotatable bonds is 10. The van der Waals surface area contributed by atoms with E-state index in [2.05, 4.69) is 17.1 Å². The van der Waals surface area contributed by atoms with E-state index in [0.717, 1.165) is 34.6 Å². The number of aromatic amines is 1. The van der Waals surface area contributed by atoms with Gasteiger partial charge in [0.1, 0.15) is 11.4 Å². The van der Waals surface area contributed by atoms with Crippen LogP contribution in [0, 0.1) is 0 Å². The monoisotopic (exact) mass is 451 g/mol. The van der Waals surface area contributed by atoms with Gasteiger partial charge in [-0.3, -0.25) is 9.89 Å². The molecule has 1 aliphatic heterocycles. The predicted octanol–water partition coefficient (Wildman–Crippen LogP) is 4.07. The van der Waals surface area contributed by atoms with Gasteiger partial charge < -0.3 is 23.8 Å². The molecule has 0 aliphatic carbocycles. The van der Waals surface area contributed by atoms with Crippen LogP contribution in [0.3, 0.4) is 0 Å². The van der Waals surface area contributed by atoms with E-state index in [1.165, 1.54) is 0 Å². The quantitative estimate of drug-likeness (QED) is 0.500. The lowest BCUT2D eigenvalue weighted by Crippen LogP contribution is -2.32. The highest BCUT2D eigenvalue weighted by Crippen LogP contribution is 2.44. The molecule has 0 saturated heterocycles. The molecule has 0 saturated carbocycles. The topological polar surface area (TPSA) is 85.9 Å². The first-order valence-electron chi connectivity index (χ1n) is 11.0. The highest BCUT2D eigenvalue weighted by atomic mass is 16.5. The SMILES string of the molecule is CCCOc1ccc(C2c3c(-c4ccc(OC)cc4)n[nH]c3C(=O)N2CCOC)cc1OC. The predicted molar refractivity (Wildman–Crippen MR) is 124 cm³/mol.